The minimum Gasteiger partial charge on any atom is -0.309 e. The summed E-state index contributed by atoms with van der Waals surface area (Å²) in [6, 6.07) is 27.1. The van der Waals surface area contributed by atoms with Crippen LogP contribution in [0, 0.1) is 0 Å². The highest BCUT2D eigenvalue weighted by Crippen LogP contribution is 2.41. The molecule has 0 aliphatic rings. The Bertz CT molecular complexity index is 919. The predicted octanol–water partition coefficient (Wildman–Crippen LogP) is 4.42. The first kappa shape index (κ1) is 21.0. The van der Waals surface area contributed by atoms with Crippen molar-refractivity contribution in [2.45, 2.75) is 39.3 Å². The molecule has 0 aromatic heterocycles. The van der Waals surface area contributed by atoms with Crippen LogP contribution >= 0.6 is 7.14 Å². The molecule has 0 unspecified atom stereocenters. The summed E-state index contributed by atoms with van der Waals surface area (Å²) in [5, 5.41) is 5.52. The van der Waals surface area contributed by atoms with Gasteiger partial charge in [-0.3, -0.25) is 0 Å². The van der Waals surface area contributed by atoms with Crippen LogP contribution in [0.15, 0.2) is 78.9 Å². The Labute approximate surface area is 172 Å². The average molecular weight is 423 g/mol. The molecule has 0 radical (unpaired) electrons. The van der Waals surface area contributed by atoms with E-state index >= 15 is 0 Å². The molecule has 28 heavy (non-hydrogen) atoms. The van der Waals surface area contributed by atoms with E-state index in [0.717, 1.165) is 15.9 Å². The van der Waals surface area contributed by atoms with Gasteiger partial charge in [0.05, 0.1) is 16.1 Å². The van der Waals surface area contributed by atoms with E-state index in [1.165, 1.54) is 10.4 Å². The van der Waals surface area contributed by atoms with Gasteiger partial charge in [-0.25, -0.2) is 0 Å². The standard InChI is InChI=1S/C24H31OPSi2/c1-27(2,3)23-16-12-21(13-17-23)26(25,20-10-8-7-9-11-20)22-14-18-24(19-15-22)28(4,5)6/h7-19H,1-6H3. The van der Waals surface area contributed by atoms with E-state index in [1.807, 2.05) is 30.3 Å². The number of hydrogen-bond acceptors (Lipinski definition) is 1. The molecule has 146 valence electrons. The van der Waals surface area contributed by atoms with Crippen molar-refractivity contribution in [3.05, 3.63) is 78.9 Å². The van der Waals surface area contributed by atoms with Gasteiger partial charge in [-0.1, -0.05) is 129 Å². The van der Waals surface area contributed by atoms with Gasteiger partial charge in [-0.2, -0.15) is 0 Å². The van der Waals surface area contributed by atoms with Gasteiger partial charge in [0, 0.05) is 15.9 Å². The molecule has 0 amide bonds. The van der Waals surface area contributed by atoms with Crippen LogP contribution in [0.25, 0.3) is 0 Å². The summed E-state index contributed by atoms with van der Waals surface area (Å²) >= 11 is 0. The molecule has 0 N–H and O–H groups in total. The molecule has 3 aromatic carbocycles. The first-order valence-corrected chi connectivity index (χ1v) is 18.6. The predicted molar refractivity (Wildman–Crippen MR) is 132 cm³/mol. The fourth-order valence-electron chi connectivity index (χ4n) is 3.43. The van der Waals surface area contributed by atoms with Crippen LogP contribution in [0.3, 0.4) is 0 Å². The fourth-order valence-corrected chi connectivity index (χ4v) is 8.39. The lowest BCUT2D eigenvalue weighted by Crippen LogP contribution is -2.39. The quantitative estimate of drug-likeness (QED) is 0.439. The molecule has 3 aromatic rings. The third-order valence-electron chi connectivity index (χ3n) is 5.31. The van der Waals surface area contributed by atoms with Gasteiger partial charge >= 0.3 is 0 Å². The smallest absolute Gasteiger partial charge is 0.171 e. The van der Waals surface area contributed by atoms with Crippen LogP contribution in [0.4, 0.5) is 0 Å². The van der Waals surface area contributed by atoms with Gasteiger partial charge in [-0.15, -0.1) is 0 Å². The van der Waals surface area contributed by atoms with Crippen molar-refractivity contribution in [2.24, 2.45) is 0 Å². The average Bonchev–Trinajstić information content (AvgIpc) is 2.67. The third-order valence-corrected chi connectivity index (χ3v) is 12.5. The van der Waals surface area contributed by atoms with Crippen molar-refractivity contribution in [2.75, 3.05) is 0 Å². The zero-order valence-corrected chi connectivity index (χ0v) is 20.8. The van der Waals surface area contributed by atoms with Gasteiger partial charge in [-0.05, 0) is 0 Å². The number of benzene rings is 3. The highest BCUT2D eigenvalue weighted by Gasteiger charge is 2.30. The molecular formula is C24H31OPSi2. The van der Waals surface area contributed by atoms with Crippen LogP contribution in [0.2, 0.25) is 39.3 Å². The van der Waals surface area contributed by atoms with Crippen molar-refractivity contribution in [1.82, 2.24) is 0 Å². The molecule has 0 aliphatic heterocycles. The molecule has 0 saturated heterocycles. The van der Waals surface area contributed by atoms with E-state index < -0.39 is 23.3 Å². The number of hydrogen-bond donors (Lipinski definition) is 0. The Morgan fingerprint density at radius 1 is 0.500 bits per heavy atom. The maximum absolute atomic E-state index is 14.6. The van der Waals surface area contributed by atoms with E-state index in [-0.39, 0.29) is 0 Å². The van der Waals surface area contributed by atoms with Gasteiger partial charge in [0.25, 0.3) is 0 Å². The van der Waals surface area contributed by atoms with Crippen LogP contribution in [0.5, 0.6) is 0 Å². The summed E-state index contributed by atoms with van der Waals surface area (Å²) in [5.41, 5.74) is 0. The van der Waals surface area contributed by atoms with Gasteiger partial charge in [0.2, 0.25) is 0 Å². The zero-order valence-electron chi connectivity index (χ0n) is 17.9. The maximum Gasteiger partial charge on any atom is 0.171 e. The van der Waals surface area contributed by atoms with Gasteiger partial charge < -0.3 is 4.57 Å². The normalized spacial score (nSPS) is 12.8. The maximum atomic E-state index is 14.6. The summed E-state index contributed by atoms with van der Waals surface area (Å²) in [7, 11) is -5.66. The molecule has 0 atom stereocenters. The zero-order chi connectivity index (χ0) is 20.6. The molecular weight excluding hydrogens is 391 g/mol. The van der Waals surface area contributed by atoms with Crippen LogP contribution in [0.1, 0.15) is 0 Å². The van der Waals surface area contributed by atoms with Crippen LogP contribution in [-0.4, -0.2) is 16.1 Å². The Hall–Kier alpha value is -1.68. The lowest BCUT2D eigenvalue weighted by Gasteiger charge is -2.23. The minimum atomic E-state index is -2.89. The lowest BCUT2D eigenvalue weighted by molar-refractivity contribution is 0.592. The Morgan fingerprint density at radius 2 is 0.821 bits per heavy atom. The Morgan fingerprint density at radius 3 is 1.14 bits per heavy atom. The van der Waals surface area contributed by atoms with Gasteiger partial charge in [0.15, 0.2) is 7.14 Å². The summed E-state index contributed by atoms with van der Waals surface area (Å²) in [5.74, 6) is 0. The Kier molecular flexibility index (Phi) is 5.73. The fraction of sp³-hybridized carbons (Fsp3) is 0.250. The summed E-state index contributed by atoms with van der Waals surface area (Å²) < 4.78 is 14.6. The van der Waals surface area contributed by atoms with E-state index in [9.17, 15) is 4.57 Å². The summed E-state index contributed by atoms with van der Waals surface area (Å²) in [6.07, 6.45) is 0. The van der Waals surface area contributed by atoms with Crippen molar-refractivity contribution >= 4 is 49.6 Å². The van der Waals surface area contributed by atoms with Crippen molar-refractivity contribution in [3.63, 3.8) is 0 Å². The van der Waals surface area contributed by atoms with Crippen molar-refractivity contribution in [3.8, 4) is 0 Å². The van der Waals surface area contributed by atoms with E-state index in [4.69, 9.17) is 0 Å². The van der Waals surface area contributed by atoms with Crippen LogP contribution in [-0.2, 0) is 4.57 Å². The first-order chi connectivity index (χ1) is 13.0. The van der Waals surface area contributed by atoms with Crippen LogP contribution < -0.4 is 26.3 Å². The van der Waals surface area contributed by atoms with Crippen molar-refractivity contribution in [1.29, 1.82) is 0 Å². The second-order valence-electron chi connectivity index (χ2n) is 9.54. The molecule has 0 saturated carbocycles. The minimum absolute atomic E-state index is 0.900. The second-order valence-corrected chi connectivity index (χ2v) is 22.5. The molecule has 1 nitrogen and oxygen atoms in total. The molecule has 0 fully saturated rings. The summed E-state index contributed by atoms with van der Waals surface area (Å²) in [4.78, 5) is 0. The van der Waals surface area contributed by atoms with E-state index in [1.54, 1.807) is 0 Å². The number of rotatable bonds is 5. The molecule has 0 bridgehead atoms. The molecule has 0 aliphatic carbocycles. The molecule has 3 rings (SSSR count). The third kappa shape index (κ3) is 4.17. The Balaban J connectivity index is 2.16. The van der Waals surface area contributed by atoms with Crippen molar-refractivity contribution < 1.29 is 4.57 Å². The topological polar surface area (TPSA) is 17.1 Å². The van der Waals surface area contributed by atoms with E-state index in [0.29, 0.717) is 0 Å². The lowest BCUT2D eigenvalue weighted by atomic mass is 10.3. The molecule has 0 spiro atoms. The van der Waals surface area contributed by atoms with E-state index in [2.05, 4.69) is 87.8 Å². The second kappa shape index (κ2) is 7.63. The summed E-state index contributed by atoms with van der Waals surface area (Å²) in [6.45, 7) is 14.0. The van der Waals surface area contributed by atoms with Gasteiger partial charge in [0.1, 0.15) is 0 Å². The monoisotopic (exact) mass is 422 g/mol. The largest absolute Gasteiger partial charge is 0.309 e. The highest BCUT2D eigenvalue weighted by atomic mass is 31.2. The molecule has 4 heteroatoms. The first-order valence-electron chi connectivity index (χ1n) is 9.91. The highest BCUT2D eigenvalue weighted by molar-refractivity contribution is 7.85. The SMILES string of the molecule is C[Si](C)(C)c1ccc(P(=O)(c2ccccc2)c2ccc([Si](C)(C)C)cc2)cc1. The molecule has 0 heterocycles.